The number of rotatable bonds is 6. The summed E-state index contributed by atoms with van der Waals surface area (Å²) in [5.74, 6) is -1.28. The molecule has 1 unspecified atom stereocenters. The molecular formula is C14H26N2O4. The van der Waals surface area contributed by atoms with E-state index in [9.17, 15) is 9.59 Å². The number of carbonyl (C=O) groups excluding carboxylic acids is 1. The second-order valence-electron chi connectivity index (χ2n) is 6.27. The number of urea groups is 1. The molecule has 0 aromatic carbocycles. The Hall–Kier alpha value is -1.30. The van der Waals surface area contributed by atoms with Crippen molar-refractivity contribution in [2.24, 2.45) is 11.3 Å². The smallest absolute Gasteiger partial charge is 0.317 e. The summed E-state index contributed by atoms with van der Waals surface area (Å²) >= 11 is 0. The number of hydrogen-bond acceptors (Lipinski definition) is 3. The number of amides is 2. The Balaban J connectivity index is 2.40. The van der Waals surface area contributed by atoms with Crippen LogP contribution in [0.4, 0.5) is 4.79 Å². The molecular weight excluding hydrogens is 260 g/mol. The quantitative estimate of drug-likeness (QED) is 0.686. The number of nitrogens with one attached hydrogen (secondary N) is 1. The third kappa shape index (κ3) is 5.36. The number of hydrogen-bond donors (Lipinski definition) is 3. The van der Waals surface area contributed by atoms with E-state index in [-0.39, 0.29) is 24.6 Å². The number of aliphatic carboxylic acids is 1. The van der Waals surface area contributed by atoms with Crippen LogP contribution in [-0.4, -0.2) is 53.4 Å². The molecule has 0 saturated carbocycles. The number of likely N-dealkylation sites (tertiary alicyclic amines) is 1. The lowest BCUT2D eigenvalue weighted by Crippen LogP contribution is -2.48. The van der Waals surface area contributed by atoms with Gasteiger partial charge in [-0.15, -0.1) is 0 Å². The van der Waals surface area contributed by atoms with E-state index in [1.165, 1.54) is 0 Å². The van der Waals surface area contributed by atoms with Gasteiger partial charge in [-0.3, -0.25) is 4.79 Å². The van der Waals surface area contributed by atoms with Crippen LogP contribution in [0.15, 0.2) is 0 Å². The number of carbonyl (C=O) groups is 2. The fourth-order valence-electron chi connectivity index (χ4n) is 2.44. The molecule has 6 heteroatoms. The number of aliphatic hydroxyl groups is 1. The van der Waals surface area contributed by atoms with E-state index in [1.54, 1.807) is 4.90 Å². The average Bonchev–Trinajstić information content (AvgIpc) is 2.43. The Morgan fingerprint density at radius 2 is 2.10 bits per heavy atom. The fraction of sp³-hybridized carbons (Fsp3) is 0.857. The van der Waals surface area contributed by atoms with Crippen molar-refractivity contribution in [2.75, 3.05) is 26.2 Å². The van der Waals surface area contributed by atoms with Crippen molar-refractivity contribution >= 4 is 12.0 Å². The summed E-state index contributed by atoms with van der Waals surface area (Å²) in [6.07, 6.45) is 2.93. The normalized spacial score (nSPS) is 19.8. The van der Waals surface area contributed by atoms with Crippen molar-refractivity contribution < 1.29 is 19.8 Å². The van der Waals surface area contributed by atoms with Crippen LogP contribution < -0.4 is 5.32 Å². The second-order valence-corrected chi connectivity index (χ2v) is 6.27. The van der Waals surface area contributed by atoms with Crippen molar-refractivity contribution in [1.29, 1.82) is 0 Å². The number of aliphatic hydroxyl groups excluding tert-OH is 1. The molecule has 0 spiro atoms. The average molecular weight is 286 g/mol. The molecule has 20 heavy (non-hydrogen) atoms. The number of carboxylic acids is 1. The summed E-state index contributed by atoms with van der Waals surface area (Å²) < 4.78 is 0. The minimum Gasteiger partial charge on any atom is -0.481 e. The summed E-state index contributed by atoms with van der Waals surface area (Å²) in [6.45, 7) is 5.67. The Bertz CT molecular complexity index is 344. The van der Waals surface area contributed by atoms with Gasteiger partial charge >= 0.3 is 12.0 Å². The highest BCUT2D eigenvalue weighted by atomic mass is 16.4. The number of piperidine rings is 1. The maximum absolute atomic E-state index is 12.1. The van der Waals surface area contributed by atoms with Crippen molar-refractivity contribution in [1.82, 2.24) is 10.2 Å². The van der Waals surface area contributed by atoms with E-state index in [4.69, 9.17) is 10.2 Å². The Morgan fingerprint density at radius 3 is 2.70 bits per heavy atom. The molecule has 6 nitrogen and oxygen atoms in total. The monoisotopic (exact) mass is 286 g/mol. The summed E-state index contributed by atoms with van der Waals surface area (Å²) in [4.78, 5) is 24.6. The lowest BCUT2D eigenvalue weighted by molar-refractivity contribution is -0.143. The van der Waals surface area contributed by atoms with Gasteiger partial charge in [0.15, 0.2) is 0 Å². The van der Waals surface area contributed by atoms with E-state index in [2.05, 4.69) is 5.32 Å². The molecule has 1 saturated heterocycles. The zero-order valence-electron chi connectivity index (χ0n) is 12.4. The van der Waals surface area contributed by atoms with Crippen molar-refractivity contribution in [2.45, 2.75) is 39.5 Å². The maximum Gasteiger partial charge on any atom is 0.317 e. The fourth-order valence-corrected chi connectivity index (χ4v) is 2.44. The van der Waals surface area contributed by atoms with Crippen LogP contribution in [0.3, 0.4) is 0 Å². The van der Waals surface area contributed by atoms with Crippen molar-refractivity contribution in [3.63, 3.8) is 0 Å². The molecule has 2 amide bonds. The summed E-state index contributed by atoms with van der Waals surface area (Å²) in [7, 11) is 0. The lowest BCUT2D eigenvalue weighted by Gasteiger charge is -2.32. The van der Waals surface area contributed by atoms with Crippen LogP contribution >= 0.6 is 0 Å². The van der Waals surface area contributed by atoms with Crippen LogP contribution in [0, 0.1) is 11.3 Å². The maximum atomic E-state index is 12.1. The molecule has 0 radical (unpaired) electrons. The van der Waals surface area contributed by atoms with E-state index in [0.29, 0.717) is 25.9 Å². The molecule has 116 valence electrons. The molecule has 0 aliphatic carbocycles. The summed E-state index contributed by atoms with van der Waals surface area (Å²) in [6, 6.07) is -0.187. The SMILES string of the molecule is CC(C)(CCCO)CNC(=O)N1CCCC(C(=O)O)C1. The van der Waals surface area contributed by atoms with E-state index >= 15 is 0 Å². The molecule has 0 aromatic heterocycles. The molecule has 3 N–H and O–H groups in total. The largest absolute Gasteiger partial charge is 0.481 e. The molecule has 1 atom stereocenters. The van der Waals surface area contributed by atoms with Gasteiger partial charge in [-0.05, 0) is 31.1 Å². The van der Waals surface area contributed by atoms with Crippen LogP contribution in [0.5, 0.6) is 0 Å². The molecule has 0 bridgehead atoms. The topological polar surface area (TPSA) is 89.9 Å². The molecule has 1 aliphatic heterocycles. The van der Waals surface area contributed by atoms with Crippen molar-refractivity contribution in [3.8, 4) is 0 Å². The van der Waals surface area contributed by atoms with Gasteiger partial charge in [-0.25, -0.2) is 4.79 Å². The summed E-state index contributed by atoms with van der Waals surface area (Å²) in [5, 5.41) is 20.7. The lowest BCUT2D eigenvalue weighted by atomic mass is 9.88. The van der Waals surface area contributed by atoms with Gasteiger partial charge in [0.1, 0.15) is 0 Å². The first-order valence-corrected chi connectivity index (χ1v) is 7.22. The standard InChI is InChI=1S/C14H26N2O4/c1-14(2,6-4-8-17)10-15-13(20)16-7-3-5-11(9-16)12(18)19/h11,17H,3-10H2,1-2H3,(H,15,20)(H,18,19). The number of carboxylic acid groups (broad SMARTS) is 1. The third-order valence-electron chi connectivity index (χ3n) is 3.79. The molecule has 1 aliphatic rings. The highest BCUT2D eigenvalue weighted by molar-refractivity contribution is 5.76. The highest BCUT2D eigenvalue weighted by Crippen LogP contribution is 2.21. The predicted octanol–water partition coefficient (Wildman–Crippen LogP) is 1.29. The first-order chi connectivity index (χ1) is 9.35. The molecule has 1 rings (SSSR count). The molecule has 1 fully saturated rings. The first-order valence-electron chi connectivity index (χ1n) is 7.22. The van der Waals surface area contributed by atoms with Gasteiger partial charge in [0.25, 0.3) is 0 Å². The van der Waals surface area contributed by atoms with Crippen molar-refractivity contribution in [3.05, 3.63) is 0 Å². The minimum atomic E-state index is -0.828. The minimum absolute atomic E-state index is 0.0691. The zero-order chi connectivity index (χ0) is 15.2. The molecule has 0 aromatic rings. The Labute approximate surface area is 120 Å². The molecule has 1 heterocycles. The van der Waals surface area contributed by atoms with Crippen LogP contribution in [0.2, 0.25) is 0 Å². The van der Waals surface area contributed by atoms with Crippen LogP contribution in [0.25, 0.3) is 0 Å². The van der Waals surface area contributed by atoms with Crippen LogP contribution in [0.1, 0.15) is 39.5 Å². The van der Waals surface area contributed by atoms with E-state index in [0.717, 1.165) is 12.8 Å². The van der Waals surface area contributed by atoms with Gasteiger partial charge in [0, 0.05) is 26.2 Å². The van der Waals surface area contributed by atoms with Gasteiger partial charge in [-0.1, -0.05) is 13.8 Å². The first kappa shape index (κ1) is 16.8. The van der Waals surface area contributed by atoms with Gasteiger partial charge in [0.05, 0.1) is 5.92 Å². The highest BCUT2D eigenvalue weighted by Gasteiger charge is 2.28. The van der Waals surface area contributed by atoms with Gasteiger partial charge in [-0.2, -0.15) is 0 Å². The second kappa shape index (κ2) is 7.47. The summed E-state index contributed by atoms with van der Waals surface area (Å²) in [5.41, 5.74) is -0.0691. The predicted molar refractivity (Wildman–Crippen MR) is 75.4 cm³/mol. The van der Waals surface area contributed by atoms with E-state index in [1.807, 2.05) is 13.8 Å². The van der Waals surface area contributed by atoms with Crippen LogP contribution in [-0.2, 0) is 4.79 Å². The third-order valence-corrected chi connectivity index (χ3v) is 3.79. The Morgan fingerprint density at radius 1 is 1.40 bits per heavy atom. The number of nitrogens with zero attached hydrogens (tertiary/aromatic N) is 1. The Kier molecular flexibility index (Phi) is 6.26. The van der Waals surface area contributed by atoms with E-state index < -0.39 is 11.9 Å². The zero-order valence-corrected chi connectivity index (χ0v) is 12.4. The van der Waals surface area contributed by atoms with Gasteiger partial charge in [0.2, 0.25) is 0 Å². The van der Waals surface area contributed by atoms with Gasteiger partial charge < -0.3 is 20.4 Å².